The number of aromatic carboxylic acids is 2. The van der Waals surface area contributed by atoms with E-state index in [0.717, 1.165) is 51.4 Å². The molecule has 424 valence electrons. The summed E-state index contributed by atoms with van der Waals surface area (Å²) in [5.74, 6) is -3.96. The molecule has 0 spiro atoms. The van der Waals surface area contributed by atoms with Crippen LogP contribution in [0.2, 0.25) is 0 Å². The number of carbonyl (C=O) groups excluding carboxylic acids is 4. The molecule has 2 rings (SSSR count). The van der Waals surface area contributed by atoms with Gasteiger partial charge in [0.15, 0.2) is 0 Å². The molecule has 0 N–H and O–H groups in total. The number of esters is 2. The normalized spacial score (nSPS) is 10.6. The van der Waals surface area contributed by atoms with Crippen LogP contribution in [0.15, 0.2) is 72.8 Å². The van der Waals surface area contributed by atoms with Crippen LogP contribution in [0.1, 0.15) is 313 Å². The first-order valence-corrected chi connectivity index (χ1v) is 30.0. The van der Waals surface area contributed by atoms with Crippen molar-refractivity contribution < 1.29 is 38.9 Å². The van der Waals surface area contributed by atoms with E-state index in [-0.39, 0.29) is 59.4 Å². The number of carboxylic acid groups (broad SMARTS) is 2. The molecule has 4 radical (unpaired) electrons. The number of carboxylic acids is 2. The number of hydrogen-bond donors (Lipinski definition) is 0. The Balaban J connectivity index is -0.00000106. The molecule has 0 unspecified atom stereocenters. The van der Waals surface area contributed by atoms with E-state index in [1.165, 1.54) is 217 Å². The Morgan fingerprint density at radius 1 is 0.360 bits per heavy atom. The van der Waals surface area contributed by atoms with E-state index in [1.807, 2.05) is 0 Å². The summed E-state index contributed by atoms with van der Waals surface area (Å²) in [7, 11) is 0. The van der Waals surface area contributed by atoms with Crippen molar-refractivity contribution in [2.45, 2.75) is 272 Å². The van der Waals surface area contributed by atoms with Gasteiger partial charge in [-0.1, -0.05) is 295 Å². The maximum Gasteiger partial charge on any atom is 2.00 e. The van der Waals surface area contributed by atoms with Gasteiger partial charge >= 0.3 is 35.8 Å². The summed E-state index contributed by atoms with van der Waals surface area (Å²) in [6.45, 7) is 17.1. The zero-order valence-corrected chi connectivity index (χ0v) is 51.2. The van der Waals surface area contributed by atoms with Gasteiger partial charge in [0.25, 0.3) is 0 Å². The first-order chi connectivity index (χ1) is 36.2. The standard InChI is InChI=1S/2C25H38O4.2C8H17.Sn/c2*1-2-3-4-5-6-7-8-9-10-11-12-13-14-15-18-21-29-25(28)23-20-17-16-19-22(23)24(26)27;2*1-3-5-7-8-6-4-2;/h2*13-14,16-17,19-20H,2-12,15,18,21H2,1H3,(H,26,27);2*1,3-8H2,2H3;/q;;;;+2/p-2/b2*14-13+;;;. The average molecular weight is 1150 g/mol. The van der Waals surface area contributed by atoms with Gasteiger partial charge < -0.3 is 29.3 Å². The largest absolute Gasteiger partial charge is 2.00 e. The molecule has 8 nitrogen and oxygen atoms in total. The number of ether oxygens (including phenoxy) is 2. The van der Waals surface area contributed by atoms with Crippen molar-refractivity contribution in [3.05, 3.63) is 109 Å². The van der Waals surface area contributed by atoms with Crippen molar-refractivity contribution in [1.82, 2.24) is 0 Å². The fourth-order valence-electron chi connectivity index (χ4n) is 8.10. The minimum atomic E-state index is -1.37. The molecular weight excluding hydrogens is 1040 g/mol. The third-order valence-electron chi connectivity index (χ3n) is 12.7. The Labute approximate surface area is 477 Å². The van der Waals surface area contributed by atoms with Crippen LogP contribution in [0.4, 0.5) is 0 Å². The molecule has 2 aromatic rings. The van der Waals surface area contributed by atoms with Gasteiger partial charge in [-0.15, -0.1) is 0 Å². The van der Waals surface area contributed by atoms with Crippen LogP contribution >= 0.6 is 0 Å². The molecule has 0 heterocycles. The number of unbranched alkanes of at least 4 members (excludes halogenated alkanes) is 32. The second kappa shape index (κ2) is 61.5. The van der Waals surface area contributed by atoms with Gasteiger partial charge in [-0.3, -0.25) is 0 Å². The van der Waals surface area contributed by atoms with E-state index in [4.69, 9.17) is 9.47 Å². The molecule has 2 aromatic carbocycles. The molecule has 0 aromatic heterocycles. The average Bonchev–Trinajstić information content (AvgIpc) is 3.41. The minimum absolute atomic E-state index is 0. The number of allylic oxidation sites excluding steroid dienone is 4. The molecule has 0 atom stereocenters. The Bertz CT molecular complexity index is 1510. The van der Waals surface area contributed by atoms with Gasteiger partial charge in [0.05, 0.1) is 36.3 Å². The number of carbonyl (C=O) groups is 4. The minimum Gasteiger partial charge on any atom is -0.545 e. The van der Waals surface area contributed by atoms with E-state index >= 15 is 0 Å². The first-order valence-electron chi connectivity index (χ1n) is 30.0. The van der Waals surface area contributed by atoms with Gasteiger partial charge in [-0.25, -0.2) is 9.59 Å². The molecule has 0 amide bonds. The van der Waals surface area contributed by atoms with E-state index in [9.17, 15) is 29.4 Å². The monoisotopic (exact) mass is 1150 g/mol. The zero-order valence-electron chi connectivity index (χ0n) is 48.4. The third kappa shape index (κ3) is 51.1. The molecule has 0 fully saturated rings. The summed E-state index contributed by atoms with van der Waals surface area (Å²) in [5.41, 5.74) is -0.171. The smallest absolute Gasteiger partial charge is 0.545 e. The molecule has 0 saturated carbocycles. The van der Waals surface area contributed by atoms with Gasteiger partial charge in [-0.2, -0.15) is 0 Å². The molecule has 75 heavy (non-hydrogen) atoms. The second-order valence-electron chi connectivity index (χ2n) is 19.6. The van der Waals surface area contributed by atoms with Crippen LogP contribution in [-0.2, 0) is 9.47 Å². The molecule has 0 aliphatic rings. The Kier molecular flexibility index (Phi) is 62.1. The quantitative estimate of drug-likeness (QED) is 0.0277. The molecule has 0 bridgehead atoms. The van der Waals surface area contributed by atoms with E-state index < -0.39 is 23.9 Å². The van der Waals surface area contributed by atoms with E-state index in [1.54, 1.807) is 24.3 Å². The van der Waals surface area contributed by atoms with Crippen LogP contribution in [-0.4, -0.2) is 61.0 Å². The number of benzene rings is 2. The van der Waals surface area contributed by atoms with Crippen LogP contribution < -0.4 is 10.2 Å². The van der Waals surface area contributed by atoms with Gasteiger partial charge in [0, 0.05) is 11.1 Å². The van der Waals surface area contributed by atoms with Crippen molar-refractivity contribution in [3.63, 3.8) is 0 Å². The Morgan fingerprint density at radius 2 is 0.587 bits per heavy atom. The predicted octanol–water partition coefficient (Wildman–Crippen LogP) is 17.7. The van der Waals surface area contributed by atoms with Crippen LogP contribution in [0.25, 0.3) is 0 Å². The van der Waals surface area contributed by atoms with Crippen molar-refractivity contribution in [1.29, 1.82) is 0 Å². The zero-order chi connectivity index (χ0) is 54.8. The molecule has 0 saturated heterocycles. The topological polar surface area (TPSA) is 133 Å². The van der Waals surface area contributed by atoms with Gasteiger partial charge in [-0.05, 0) is 63.5 Å². The SMILES string of the molecule is CCCCCCCCCCCC/C=C/CCCOC(=O)c1ccccc1C(=O)[O-].CCCCCCCCCCCC/C=C/CCCOC(=O)c1ccccc1C(=O)[O-].[CH2]CCCCCCC.[CH2]CCCCCCC.[Sn+2]. The summed E-state index contributed by atoms with van der Waals surface area (Å²) < 4.78 is 10.3. The molecule has 0 aliphatic carbocycles. The fraction of sp³-hybridized carbons (Fsp3) is 0.667. The van der Waals surface area contributed by atoms with Crippen LogP contribution in [0.3, 0.4) is 0 Å². The van der Waals surface area contributed by atoms with Crippen molar-refractivity contribution >= 4 is 47.8 Å². The first kappa shape index (κ1) is 75.8. The van der Waals surface area contributed by atoms with Crippen LogP contribution in [0, 0.1) is 13.8 Å². The van der Waals surface area contributed by atoms with E-state index in [2.05, 4.69) is 65.8 Å². The summed E-state index contributed by atoms with van der Waals surface area (Å²) in [4.78, 5) is 46.0. The fourth-order valence-corrected chi connectivity index (χ4v) is 8.10. The van der Waals surface area contributed by atoms with Crippen molar-refractivity contribution in [3.8, 4) is 0 Å². The summed E-state index contributed by atoms with van der Waals surface area (Å²) in [6.07, 6.45) is 57.0. The number of hydrogen-bond acceptors (Lipinski definition) is 8. The number of rotatable bonds is 44. The maximum atomic E-state index is 12.0. The Morgan fingerprint density at radius 3 is 0.840 bits per heavy atom. The Hall–Kier alpha value is -3.40. The third-order valence-corrected chi connectivity index (χ3v) is 12.7. The van der Waals surface area contributed by atoms with E-state index in [0.29, 0.717) is 0 Å². The summed E-state index contributed by atoms with van der Waals surface area (Å²) >= 11 is 0. The molecular formula is C66H108O8Sn. The van der Waals surface area contributed by atoms with Crippen molar-refractivity contribution in [2.24, 2.45) is 0 Å². The van der Waals surface area contributed by atoms with Gasteiger partial charge in [0.1, 0.15) is 0 Å². The van der Waals surface area contributed by atoms with Crippen molar-refractivity contribution in [2.75, 3.05) is 13.2 Å². The predicted molar refractivity (Wildman–Crippen MR) is 315 cm³/mol. The maximum absolute atomic E-state index is 12.0. The van der Waals surface area contributed by atoms with Crippen LogP contribution in [0.5, 0.6) is 0 Å². The summed E-state index contributed by atoms with van der Waals surface area (Å²) in [6, 6.07) is 11.9. The summed E-state index contributed by atoms with van der Waals surface area (Å²) in [5, 5.41) is 22.0. The second-order valence-corrected chi connectivity index (χ2v) is 19.6. The molecule has 0 aliphatic heterocycles. The molecule has 9 heteroatoms. The van der Waals surface area contributed by atoms with Gasteiger partial charge in [0.2, 0.25) is 0 Å².